The molecule has 1 amide bonds. The normalized spacial score (nSPS) is 16.2. The lowest BCUT2D eigenvalue weighted by atomic mass is 10.1. The Balaban J connectivity index is 1.39. The summed E-state index contributed by atoms with van der Waals surface area (Å²) in [7, 11) is 0. The minimum absolute atomic E-state index is 0.00317. The van der Waals surface area contributed by atoms with E-state index in [-0.39, 0.29) is 11.6 Å². The molecule has 2 aliphatic heterocycles. The number of thioether (sulfide) groups is 1. The van der Waals surface area contributed by atoms with Crippen LogP contribution in [0.25, 0.3) is 5.00 Å². The SMILES string of the molecule is O=C(c1c(-n2cccc2)sc2c1CCSC2)N1CCN(c2ccc(Cl)cc2[N+](=O)[O-])CC1. The molecule has 2 aliphatic rings. The van der Waals surface area contributed by atoms with Crippen molar-refractivity contribution in [2.45, 2.75) is 12.2 Å². The van der Waals surface area contributed by atoms with Crippen molar-refractivity contribution in [3.8, 4) is 5.00 Å². The largest absolute Gasteiger partial charge is 0.362 e. The number of carbonyl (C=O) groups excluding carboxylic acids is 1. The zero-order valence-corrected chi connectivity index (χ0v) is 19.6. The molecule has 0 aliphatic carbocycles. The molecule has 0 radical (unpaired) electrons. The van der Waals surface area contributed by atoms with Gasteiger partial charge in [-0.25, -0.2) is 0 Å². The summed E-state index contributed by atoms with van der Waals surface area (Å²) >= 11 is 9.58. The summed E-state index contributed by atoms with van der Waals surface area (Å²) in [4.78, 5) is 29.9. The van der Waals surface area contributed by atoms with Crippen molar-refractivity contribution in [2.24, 2.45) is 0 Å². The number of nitro groups is 1. The number of rotatable bonds is 4. The van der Waals surface area contributed by atoms with Crippen LogP contribution >= 0.6 is 34.7 Å². The van der Waals surface area contributed by atoms with E-state index in [9.17, 15) is 14.9 Å². The zero-order chi connectivity index (χ0) is 22.2. The molecule has 1 fully saturated rings. The highest BCUT2D eigenvalue weighted by Crippen LogP contribution is 2.39. The van der Waals surface area contributed by atoms with Gasteiger partial charge in [-0.1, -0.05) is 11.6 Å². The first kappa shape index (κ1) is 21.4. The maximum absolute atomic E-state index is 13.7. The fourth-order valence-electron chi connectivity index (χ4n) is 4.31. The van der Waals surface area contributed by atoms with Crippen LogP contribution in [0.5, 0.6) is 0 Å². The highest BCUT2D eigenvalue weighted by molar-refractivity contribution is 7.98. The van der Waals surface area contributed by atoms with Crippen LogP contribution in [-0.2, 0) is 12.2 Å². The van der Waals surface area contributed by atoms with Crippen molar-refractivity contribution in [3.63, 3.8) is 0 Å². The lowest BCUT2D eigenvalue weighted by Gasteiger charge is -2.36. The number of benzene rings is 1. The number of aromatic nitrogens is 1. The molecular weight excluding hydrogens is 468 g/mol. The molecule has 1 aromatic carbocycles. The van der Waals surface area contributed by atoms with Gasteiger partial charge >= 0.3 is 0 Å². The maximum atomic E-state index is 13.7. The van der Waals surface area contributed by atoms with Gasteiger partial charge in [0.05, 0.1) is 10.5 Å². The number of halogens is 1. The van der Waals surface area contributed by atoms with Gasteiger partial charge in [-0.05, 0) is 42.0 Å². The smallest absolute Gasteiger partial charge is 0.294 e. The zero-order valence-electron chi connectivity index (χ0n) is 17.2. The lowest BCUT2D eigenvalue weighted by Crippen LogP contribution is -2.49. The van der Waals surface area contributed by atoms with Gasteiger partial charge in [0.25, 0.3) is 11.6 Å². The second-order valence-corrected chi connectivity index (χ2v) is 10.4. The Bertz CT molecular complexity index is 1170. The Kier molecular flexibility index (Phi) is 5.88. The number of hydrogen-bond donors (Lipinski definition) is 0. The predicted molar refractivity (Wildman–Crippen MR) is 130 cm³/mol. The van der Waals surface area contributed by atoms with Crippen LogP contribution < -0.4 is 4.90 Å². The molecule has 5 rings (SSSR count). The maximum Gasteiger partial charge on any atom is 0.294 e. The molecule has 0 bridgehead atoms. The van der Waals surface area contributed by atoms with Gasteiger partial charge < -0.3 is 14.4 Å². The molecule has 3 aromatic rings. The number of hydrogen-bond acceptors (Lipinski definition) is 6. The molecule has 10 heteroatoms. The first-order valence-corrected chi connectivity index (χ1v) is 12.7. The number of nitro benzene ring substituents is 1. The first-order chi connectivity index (χ1) is 15.5. The highest BCUT2D eigenvalue weighted by atomic mass is 35.5. The molecule has 4 heterocycles. The van der Waals surface area contributed by atoms with Crippen LogP contribution in [0.3, 0.4) is 0 Å². The predicted octanol–water partition coefficient (Wildman–Crippen LogP) is 4.85. The number of nitrogens with zero attached hydrogens (tertiary/aromatic N) is 4. The lowest BCUT2D eigenvalue weighted by molar-refractivity contribution is -0.384. The van der Waals surface area contributed by atoms with Gasteiger partial charge in [0, 0.05) is 60.3 Å². The van der Waals surface area contributed by atoms with Gasteiger partial charge in [-0.3, -0.25) is 14.9 Å². The van der Waals surface area contributed by atoms with Gasteiger partial charge in [0.1, 0.15) is 10.7 Å². The molecule has 0 atom stereocenters. The van der Waals surface area contributed by atoms with Crippen molar-refractivity contribution in [1.82, 2.24) is 9.47 Å². The second kappa shape index (κ2) is 8.80. The quantitative estimate of drug-likeness (QED) is 0.387. The van der Waals surface area contributed by atoms with E-state index in [1.165, 1.54) is 16.5 Å². The summed E-state index contributed by atoms with van der Waals surface area (Å²) in [5, 5.41) is 12.8. The number of amides is 1. The van der Waals surface area contributed by atoms with Crippen LogP contribution in [0.15, 0.2) is 42.7 Å². The van der Waals surface area contributed by atoms with Crippen molar-refractivity contribution >= 4 is 52.0 Å². The second-order valence-electron chi connectivity index (χ2n) is 7.75. The Morgan fingerprint density at radius 3 is 2.59 bits per heavy atom. The molecular formula is C22H21ClN4O3S2. The summed E-state index contributed by atoms with van der Waals surface area (Å²) in [5.74, 6) is 2.04. The van der Waals surface area contributed by atoms with Gasteiger partial charge in [0.15, 0.2) is 0 Å². The fourth-order valence-corrected chi connectivity index (χ4v) is 6.91. The number of fused-ring (bicyclic) bond motifs is 1. The van der Waals surface area contributed by atoms with E-state index in [0.29, 0.717) is 36.9 Å². The minimum atomic E-state index is -0.405. The third kappa shape index (κ3) is 3.89. The Hall–Kier alpha value is -2.49. The molecule has 166 valence electrons. The average Bonchev–Trinajstić information content (AvgIpc) is 3.46. The molecule has 1 saturated heterocycles. The van der Waals surface area contributed by atoms with Gasteiger partial charge in [-0.2, -0.15) is 11.8 Å². The fraction of sp³-hybridized carbons (Fsp3) is 0.318. The van der Waals surface area contributed by atoms with E-state index in [2.05, 4.69) is 0 Å². The molecule has 0 spiro atoms. The van der Waals surface area contributed by atoms with Crippen molar-refractivity contribution in [3.05, 3.63) is 73.9 Å². The number of anilines is 1. The average molecular weight is 489 g/mol. The van der Waals surface area contributed by atoms with Crippen molar-refractivity contribution in [2.75, 3.05) is 36.8 Å². The van der Waals surface area contributed by atoms with Crippen LogP contribution in [0.1, 0.15) is 20.8 Å². The summed E-state index contributed by atoms with van der Waals surface area (Å²) in [5.41, 5.74) is 2.56. The minimum Gasteiger partial charge on any atom is -0.362 e. The van der Waals surface area contributed by atoms with E-state index in [1.54, 1.807) is 23.5 Å². The van der Waals surface area contributed by atoms with E-state index >= 15 is 0 Å². The van der Waals surface area contributed by atoms with E-state index in [4.69, 9.17) is 11.6 Å². The number of carbonyl (C=O) groups is 1. The van der Waals surface area contributed by atoms with Crippen LogP contribution in [-0.4, -0.2) is 52.2 Å². The Morgan fingerprint density at radius 2 is 1.88 bits per heavy atom. The summed E-state index contributed by atoms with van der Waals surface area (Å²) < 4.78 is 2.04. The number of piperazine rings is 1. The molecule has 2 aromatic heterocycles. The summed E-state index contributed by atoms with van der Waals surface area (Å²) in [6.45, 7) is 2.11. The summed E-state index contributed by atoms with van der Waals surface area (Å²) in [6, 6.07) is 8.68. The van der Waals surface area contributed by atoms with Gasteiger partial charge in [-0.15, -0.1) is 11.3 Å². The van der Waals surface area contributed by atoms with Crippen LogP contribution in [0.4, 0.5) is 11.4 Å². The monoisotopic (exact) mass is 488 g/mol. The third-order valence-electron chi connectivity index (χ3n) is 5.90. The molecule has 0 N–H and O–H groups in total. The molecule has 0 saturated carbocycles. The first-order valence-electron chi connectivity index (χ1n) is 10.4. The van der Waals surface area contributed by atoms with Gasteiger partial charge in [0.2, 0.25) is 0 Å². The summed E-state index contributed by atoms with van der Waals surface area (Å²) in [6.07, 6.45) is 4.88. The standard InChI is InChI=1S/C22H21ClN4O3S2/c23-15-3-4-17(18(13-15)27(29)30)24-8-10-25(11-9-24)21(28)20-16-5-12-31-14-19(16)32-22(20)26-6-1-2-7-26/h1-4,6-7,13H,5,8-12,14H2. The van der Waals surface area contributed by atoms with Crippen molar-refractivity contribution < 1.29 is 9.72 Å². The van der Waals surface area contributed by atoms with Crippen molar-refractivity contribution in [1.29, 1.82) is 0 Å². The van der Waals surface area contributed by atoms with E-state index < -0.39 is 4.92 Å². The molecule has 32 heavy (non-hydrogen) atoms. The topological polar surface area (TPSA) is 71.6 Å². The van der Waals surface area contributed by atoms with E-state index in [1.807, 2.05) is 50.7 Å². The van der Waals surface area contributed by atoms with Crippen LogP contribution in [0, 0.1) is 10.1 Å². The molecule has 0 unspecified atom stereocenters. The Morgan fingerprint density at radius 1 is 1.12 bits per heavy atom. The van der Waals surface area contributed by atoms with E-state index in [0.717, 1.165) is 28.5 Å². The Labute approximate surface area is 198 Å². The number of thiophene rings is 1. The highest BCUT2D eigenvalue weighted by Gasteiger charge is 2.32. The third-order valence-corrected chi connectivity index (χ3v) is 8.55. The van der Waals surface area contributed by atoms with Crippen LogP contribution in [0.2, 0.25) is 5.02 Å². The molecule has 7 nitrogen and oxygen atoms in total.